The maximum atomic E-state index is 13.4. The summed E-state index contributed by atoms with van der Waals surface area (Å²) < 4.78 is 18.3. The predicted molar refractivity (Wildman–Crippen MR) is 65.5 cm³/mol. The molecule has 0 aliphatic rings. The monoisotopic (exact) mass is 252 g/mol. The van der Waals surface area contributed by atoms with E-state index in [4.69, 9.17) is 16.3 Å². The number of rotatable bonds is 3. The maximum Gasteiger partial charge on any atom is 0.167 e. The summed E-state index contributed by atoms with van der Waals surface area (Å²) in [5.41, 5.74) is 1.21. The van der Waals surface area contributed by atoms with Gasteiger partial charge in [0.15, 0.2) is 16.7 Å². The van der Waals surface area contributed by atoms with E-state index in [1.807, 2.05) is 0 Å². The van der Waals surface area contributed by atoms with Crippen molar-refractivity contribution >= 4 is 23.0 Å². The molecule has 0 bridgehead atoms. The van der Waals surface area contributed by atoms with Crippen LogP contribution < -0.4 is 10.1 Å². The van der Waals surface area contributed by atoms with Gasteiger partial charge in [0.05, 0.1) is 12.8 Å². The quantitative estimate of drug-likeness (QED) is 0.847. The van der Waals surface area contributed by atoms with E-state index in [0.29, 0.717) is 16.5 Å². The lowest BCUT2D eigenvalue weighted by atomic mass is 10.2. The van der Waals surface area contributed by atoms with Crippen molar-refractivity contribution in [1.82, 2.24) is 4.98 Å². The van der Waals surface area contributed by atoms with Gasteiger partial charge in [-0.15, -0.1) is 0 Å². The van der Waals surface area contributed by atoms with E-state index in [9.17, 15) is 4.39 Å². The van der Waals surface area contributed by atoms with Crippen LogP contribution in [0.4, 0.5) is 15.8 Å². The highest BCUT2D eigenvalue weighted by Crippen LogP contribution is 2.26. The van der Waals surface area contributed by atoms with Crippen LogP contribution in [0.2, 0.25) is 5.15 Å². The van der Waals surface area contributed by atoms with Gasteiger partial charge in [-0.2, -0.15) is 0 Å². The Morgan fingerprint density at radius 1 is 1.35 bits per heavy atom. The zero-order valence-electron chi connectivity index (χ0n) is 9.08. The Morgan fingerprint density at radius 2 is 2.18 bits per heavy atom. The molecule has 88 valence electrons. The summed E-state index contributed by atoms with van der Waals surface area (Å²) in [5.74, 6) is -0.231. The number of nitrogens with zero attached hydrogens (tertiary/aromatic N) is 1. The van der Waals surface area contributed by atoms with Crippen LogP contribution in [0.25, 0.3) is 0 Å². The molecule has 1 heterocycles. The van der Waals surface area contributed by atoms with Crippen molar-refractivity contribution < 1.29 is 9.13 Å². The normalized spacial score (nSPS) is 10.1. The molecule has 0 saturated heterocycles. The van der Waals surface area contributed by atoms with Crippen LogP contribution in [0.3, 0.4) is 0 Å². The Labute approximate surface area is 103 Å². The summed E-state index contributed by atoms with van der Waals surface area (Å²) in [4.78, 5) is 3.92. The molecule has 0 fully saturated rings. The highest BCUT2D eigenvalue weighted by molar-refractivity contribution is 6.32. The molecule has 1 aromatic heterocycles. The number of ether oxygens (including phenoxy) is 1. The molecule has 17 heavy (non-hydrogen) atoms. The molecule has 0 aliphatic heterocycles. The van der Waals surface area contributed by atoms with Crippen LogP contribution in [0.15, 0.2) is 36.5 Å². The van der Waals surface area contributed by atoms with Crippen LogP contribution in [-0.2, 0) is 0 Å². The number of benzene rings is 1. The van der Waals surface area contributed by atoms with E-state index in [0.717, 1.165) is 0 Å². The molecule has 0 atom stereocenters. The molecule has 0 saturated carbocycles. The fourth-order valence-corrected chi connectivity index (χ4v) is 1.55. The third-order valence-corrected chi connectivity index (χ3v) is 2.49. The SMILES string of the molecule is COc1ccc(Nc2cccnc2Cl)cc1F. The summed E-state index contributed by atoms with van der Waals surface area (Å²) in [6.07, 6.45) is 1.59. The first-order valence-corrected chi connectivity index (χ1v) is 5.29. The first kappa shape index (κ1) is 11.7. The number of aromatic nitrogens is 1. The lowest BCUT2D eigenvalue weighted by Gasteiger charge is -2.08. The Bertz CT molecular complexity index is 534. The second kappa shape index (κ2) is 5.01. The van der Waals surface area contributed by atoms with Crippen molar-refractivity contribution in [3.8, 4) is 5.75 Å². The summed E-state index contributed by atoms with van der Waals surface area (Å²) in [7, 11) is 1.42. The molecule has 1 N–H and O–H groups in total. The van der Waals surface area contributed by atoms with E-state index < -0.39 is 5.82 Å². The van der Waals surface area contributed by atoms with Gasteiger partial charge in [-0.05, 0) is 24.3 Å². The van der Waals surface area contributed by atoms with Crippen molar-refractivity contribution in [2.24, 2.45) is 0 Å². The van der Waals surface area contributed by atoms with Crippen molar-refractivity contribution in [3.63, 3.8) is 0 Å². The van der Waals surface area contributed by atoms with E-state index in [1.165, 1.54) is 13.2 Å². The Balaban J connectivity index is 2.25. The Morgan fingerprint density at radius 3 is 2.82 bits per heavy atom. The number of pyridine rings is 1. The molecule has 1 aromatic carbocycles. The van der Waals surface area contributed by atoms with Crippen molar-refractivity contribution in [3.05, 3.63) is 47.5 Å². The molecule has 0 aliphatic carbocycles. The fourth-order valence-electron chi connectivity index (χ4n) is 1.38. The van der Waals surface area contributed by atoms with Gasteiger partial charge in [0, 0.05) is 18.0 Å². The second-order valence-electron chi connectivity index (χ2n) is 3.32. The molecule has 5 heteroatoms. The Kier molecular flexibility index (Phi) is 3.44. The molecule has 0 unspecified atom stereocenters. The minimum atomic E-state index is -0.433. The van der Waals surface area contributed by atoms with Gasteiger partial charge in [0.2, 0.25) is 0 Å². The summed E-state index contributed by atoms with van der Waals surface area (Å²) >= 11 is 5.88. The first-order valence-electron chi connectivity index (χ1n) is 4.92. The second-order valence-corrected chi connectivity index (χ2v) is 3.67. The minimum absolute atomic E-state index is 0.202. The number of methoxy groups -OCH3 is 1. The number of halogens is 2. The zero-order valence-corrected chi connectivity index (χ0v) is 9.83. The van der Waals surface area contributed by atoms with Crippen LogP contribution >= 0.6 is 11.6 Å². The van der Waals surface area contributed by atoms with Crippen LogP contribution in [-0.4, -0.2) is 12.1 Å². The Hall–Kier alpha value is -1.81. The van der Waals surface area contributed by atoms with E-state index in [1.54, 1.807) is 30.5 Å². The van der Waals surface area contributed by atoms with Crippen molar-refractivity contribution in [1.29, 1.82) is 0 Å². The van der Waals surface area contributed by atoms with E-state index in [2.05, 4.69) is 10.3 Å². The van der Waals surface area contributed by atoms with Crippen LogP contribution in [0.1, 0.15) is 0 Å². The van der Waals surface area contributed by atoms with Crippen LogP contribution in [0, 0.1) is 5.82 Å². The third kappa shape index (κ3) is 2.65. The van der Waals surface area contributed by atoms with Gasteiger partial charge >= 0.3 is 0 Å². The smallest absolute Gasteiger partial charge is 0.167 e. The topological polar surface area (TPSA) is 34.1 Å². The standard InChI is InChI=1S/C12H10ClFN2O/c1-17-11-5-4-8(7-9(11)14)16-10-3-2-6-15-12(10)13/h2-7,16H,1H3. The van der Waals surface area contributed by atoms with Gasteiger partial charge in [0.1, 0.15) is 0 Å². The number of hydrogen-bond acceptors (Lipinski definition) is 3. The third-order valence-electron chi connectivity index (χ3n) is 2.19. The molecule has 0 radical (unpaired) electrons. The molecule has 0 amide bonds. The number of anilines is 2. The number of hydrogen-bond donors (Lipinski definition) is 1. The van der Waals surface area contributed by atoms with E-state index >= 15 is 0 Å². The molecular formula is C12H10ClFN2O. The molecule has 3 nitrogen and oxygen atoms in total. The van der Waals surface area contributed by atoms with Gasteiger partial charge in [-0.25, -0.2) is 9.37 Å². The summed E-state index contributed by atoms with van der Waals surface area (Å²) in [5, 5.41) is 3.31. The highest BCUT2D eigenvalue weighted by atomic mass is 35.5. The average Bonchev–Trinajstić information content (AvgIpc) is 2.32. The van der Waals surface area contributed by atoms with Gasteiger partial charge in [0.25, 0.3) is 0 Å². The average molecular weight is 253 g/mol. The van der Waals surface area contributed by atoms with E-state index in [-0.39, 0.29) is 5.75 Å². The van der Waals surface area contributed by atoms with Crippen molar-refractivity contribution in [2.45, 2.75) is 0 Å². The van der Waals surface area contributed by atoms with Gasteiger partial charge in [-0.3, -0.25) is 0 Å². The first-order chi connectivity index (χ1) is 8.20. The van der Waals surface area contributed by atoms with Gasteiger partial charge < -0.3 is 10.1 Å². The minimum Gasteiger partial charge on any atom is -0.494 e. The largest absolute Gasteiger partial charge is 0.494 e. The zero-order chi connectivity index (χ0) is 12.3. The summed E-state index contributed by atoms with van der Waals surface area (Å²) in [6.45, 7) is 0. The lowest BCUT2D eigenvalue weighted by Crippen LogP contribution is -1.94. The van der Waals surface area contributed by atoms with Gasteiger partial charge in [-0.1, -0.05) is 11.6 Å². The maximum absolute atomic E-state index is 13.4. The molecule has 2 rings (SSSR count). The molecular weight excluding hydrogens is 243 g/mol. The van der Waals surface area contributed by atoms with Crippen LogP contribution in [0.5, 0.6) is 5.75 Å². The fraction of sp³-hybridized carbons (Fsp3) is 0.0833. The molecule has 2 aromatic rings. The molecule has 0 spiro atoms. The highest BCUT2D eigenvalue weighted by Gasteiger charge is 2.05. The number of nitrogens with one attached hydrogen (secondary N) is 1. The van der Waals surface area contributed by atoms with Crippen molar-refractivity contribution in [2.75, 3.05) is 12.4 Å². The summed E-state index contributed by atoms with van der Waals surface area (Å²) in [6, 6.07) is 8.08. The predicted octanol–water partition coefficient (Wildman–Crippen LogP) is 3.63. The lowest BCUT2D eigenvalue weighted by molar-refractivity contribution is 0.386.